The van der Waals surface area contributed by atoms with E-state index in [0.717, 1.165) is 22.8 Å². The van der Waals surface area contributed by atoms with Gasteiger partial charge in [0.05, 0.1) is 6.61 Å². The molecule has 2 N–H and O–H groups in total. The number of anilines is 3. The van der Waals surface area contributed by atoms with Crippen molar-refractivity contribution in [2.24, 2.45) is 0 Å². The molecule has 2 aromatic rings. The average Bonchev–Trinajstić information content (AvgIpc) is 2.44. The molecule has 2 rings (SSSR count). The van der Waals surface area contributed by atoms with Crippen LogP contribution >= 0.6 is 11.6 Å². The summed E-state index contributed by atoms with van der Waals surface area (Å²) in [6.07, 6.45) is 0. The first-order valence-corrected chi connectivity index (χ1v) is 7.08. The maximum Gasteiger partial charge on any atom is 0.229 e. The maximum atomic E-state index is 6.12. The number of aromatic nitrogens is 2. The van der Waals surface area contributed by atoms with Crippen LogP contribution in [0.25, 0.3) is 0 Å². The summed E-state index contributed by atoms with van der Waals surface area (Å²) in [5, 5.41) is 7.12. The van der Waals surface area contributed by atoms with E-state index in [1.54, 1.807) is 7.11 Å². The van der Waals surface area contributed by atoms with Gasteiger partial charge in [-0.2, -0.15) is 4.98 Å². The molecule has 0 amide bonds. The van der Waals surface area contributed by atoms with Crippen molar-refractivity contribution < 1.29 is 4.74 Å². The summed E-state index contributed by atoms with van der Waals surface area (Å²) in [5.74, 6) is 1.31. The summed E-state index contributed by atoms with van der Waals surface area (Å²) in [4.78, 5) is 8.83. The van der Waals surface area contributed by atoms with Crippen molar-refractivity contribution in [2.75, 3.05) is 30.9 Å². The second-order valence-corrected chi connectivity index (χ2v) is 5.08. The molecule has 1 aromatic carbocycles. The van der Waals surface area contributed by atoms with Crippen molar-refractivity contribution in [3.05, 3.63) is 40.5 Å². The zero-order chi connectivity index (χ0) is 15.2. The lowest BCUT2D eigenvalue weighted by Gasteiger charge is -2.12. The van der Waals surface area contributed by atoms with E-state index in [1.807, 2.05) is 38.1 Å². The smallest absolute Gasteiger partial charge is 0.229 e. The summed E-state index contributed by atoms with van der Waals surface area (Å²) in [5.41, 5.74) is 2.75. The molecule has 0 aliphatic carbocycles. The Morgan fingerprint density at radius 3 is 2.81 bits per heavy atom. The van der Waals surface area contributed by atoms with E-state index in [9.17, 15) is 0 Å². The van der Waals surface area contributed by atoms with Crippen LogP contribution in [0.4, 0.5) is 17.5 Å². The average molecular weight is 307 g/mol. The van der Waals surface area contributed by atoms with Gasteiger partial charge in [-0.1, -0.05) is 17.7 Å². The summed E-state index contributed by atoms with van der Waals surface area (Å²) < 4.78 is 5.01. The Hall–Kier alpha value is -1.85. The van der Waals surface area contributed by atoms with Crippen molar-refractivity contribution in [3.8, 4) is 0 Å². The van der Waals surface area contributed by atoms with Crippen LogP contribution in [0, 0.1) is 13.8 Å². The SMILES string of the molecule is COCCNc1cc(C)nc(Nc2cccc(Cl)c2C)n1. The molecule has 0 aliphatic heterocycles. The number of nitrogens with zero attached hydrogens (tertiary/aromatic N) is 2. The predicted molar refractivity (Wildman–Crippen MR) is 86.6 cm³/mol. The van der Waals surface area contributed by atoms with Crippen LogP contribution in [0.5, 0.6) is 0 Å². The van der Waals surface area contributed by atoms with Crippen LogP contribution in [0.2, 0.25) is 5.02 Å². The first-order chi connectivity index (χ1) is 10.1. The second-order valence-electron chi connectivity index (χ2n) is 4.68. The van der Waals surface area contributed by atoms with Gasteiger partial charge >= 0.3 is 0 Å². The van der Waals surface area contributed by atoms with Gasteiger partial charge in [0.15, 0.2) is 0 Å². The van der Waals surface area contributed by atoms with Gasteiger partial charge in [0, 0.05) is 36.1 Å². The van der Waals surface area contributed by atoms with Crippen LogP contribution in [0.1, 0.15) is 11.3 Å². The highest BCUT2D eigenvalue weighted by molar-refractivity contribution is 6.31. The molecule has 0 radical (unpaired) electrons. The molecule has 0 spiro atoms. The van der Waals surface area contributed by atoms with E-state index < -0.39 is 0 Å². The lowest BCUT2D eigenvalue weighted by Crippen LogP contribution is -2.10. The number of methoxy groups -OCH3 is 1. The highest BCUT2D eigenvalue weighted by Gasteiger charge is 2.06. The Balaban J connectivity index is 2.17. The first-order valence-electron chi connectivity index (χ1n) is 6.71. The number of ether oxygens (including phenoxy) is 1. The fourth-order valence-electron chi connectivity index (χ4n) is 1.86. The number of hydrogen-bond donors (Lipinski definition) is 2. The minimum absolute atomic E-state index is 0.542. The van der Waals surface area contributed by atoms with Gasteiger partial charge in [0.2, 0.25) is 5.95 Å². The molecule has 5 nitrogen and oxygen atoms in total. The minimum Gasteiger partial charge on any atom is -0.383 e. The number of hydrogen-bond acceptors (Lipinski definition) is 5. The predicted octanol–water partition coefficient (Wildman–Crippen LogP) is 3.55. The van der Waals surface area contributed by atoms with Crippen molar-refractivity contribution >= 4 is 29.1 Å². The lowest BCUT2D eigenvalue weighted by molar-refractivity contribution is 0.210. The Morgan fingerprint density at radius 1 is 1.24 bits per heavy atom. The van der Waals surface area contributed by atoms with Gasteiger partial charge in [0.25, 0.3) is 0 Å². The summed E-state index contributed by atoms with van der Waals surface area (Å²) in [6.45, 7) is 5.21. The number of benzene rings is 1. The van der Waals surface area contributed by atoms with Gasteiger partial charge in [0.1, 0.15) is 5.82 Å². The molecule has 0 unspecified atom stereocenters. The number of halogens is 1. The number of rotatable bonds is 6. The molecule has 0 saturated carbocycles. The lowest BCUT2D eigenvalue weighted by atomic mass is 10.2. The fourth-order valence-corrected chi connectivity index (χ4v) is 2.03. The molecule has 1 aromatic heterocycles. The highest BCUT2D eigenvalue weighted by Crippen LogP contribution is 2.25. The molecule has 0 fully saturated rings. The van der Waals surface area contributed by atoms with Crippen LogP contribution in [-0.4, -0.2) is 30.2 Å². The van der Waals surface area contributed by atoms with Crippen LogP contribution in [-0.2, 0) is 4.74 Å². The fraction of sp³-hybridized carbons (Fsp3) is 0.333. The Labute approximate surface area is 129 Å². The third-order valence-electron chi connectivity index (χ3n) is 2.98. The van der Waals surface area contributed by atoms with Gasteiger partial charge in [-0.05, 0) is 31.5 Å². The molecule has 0 bridgehead atoms. The Kier molecular flexibility index (Phi) is 5.36. The molecule has 21 heavy (non-hydrogen) atoms. The van der Waals surface area contributed by atoms with E-state index in [4.69, 9.17) is 16.3 Å². The largest absolute Gasteiger partial charge is 0.383 e. The zero-order valence-corrected chi connectivity index (χ0v) is 13.2. The number of nitrogens with one attached hydrogen (secondary N) is 2. The molecule has 1 heterocycles. The first kappa shape index (κ1) is 15.5. The van der Waals surface area contributed by atoms with Crippen molar-refractivity contribution in [3.63, 3.8) is 0 Å². The molecule has 0 saturated heterocycles. The van der Waals surface area contributed by atoms with Crippen molar-refractivity contribution in [1.29, 1.82) is 0 Å². The molecule has 6 heteroatoms. The molecular formula is C15H19ClN4O. The van der Waals surface area contributed by atoms with E-state index in [2.05, 4.69) is 20.6 Å². The number of aryl methyl sites for hydroxylation is 1. The summed E-state index contributed by atoms with van der Waals surface area (Å²) in [7, 11) is 1.67. The van der Waals surface area contributed by atoms with Gasteiger partial charge in [-0.3, -0.25) is 0 Å². The van der Waals surface area contributed by atoms with Crippen molar-refractivity contribution in [1.82, 2.24) is 9.97 Å². The molecule has 0 aliphatic rings. The summed E-state index contributed by atoms with van der Waals surface area (Å²) in [6, 6.07) is 7.60. The Morgan fingerprint density at radius 2 is 2.05 bits per heavy atom. The van der Waals surface area contributed by atoms with Crippen LogP contribution in [0.3, 0.4) is 0 Å². The molecule has 112 valence electrons. The standard InChI is InChI=1S/C15H19ClN4O/c1-10-9-14(17-7-8-21-3)20-15(18-10)19-13-6-4-5-12(16)11(13)2/h4-6,9H,7-8H2,1-3H3,(H2,17,18,19,20). The van der Waals surface area contributed by atoms with E-state index >= 15 is 0 Å². The molecular weight excluding hydrogens is 288 g/mol. The van der Waals surface area contributed by atoms with E-state index in [-0.39, 0.29) is 0 Å². The normalized spacial score (nSPS) is 10.5. The topological polar surface area (TPSA) is 59.1 Å². The van der Waals surface area contributed by atoms with Crippen LogP contribution < -0.4 is 10.6 Å². The van der Waals surface area contributed by atoms with Gasteiger partial charge in [-0.15, -0.1) is 0 Å². The zero-order valence-electron chi connectivity index (χ0n) is 12.4. The van der Waals surface area contributed by atoms with E-state index in [1.165, 1.54) is 0 Å². The molecule has 0 atom stereocenters. The summed E-state index contributed by atoms with van der Waals surface area (Å²) >= 11 is 6.12. The minimum atomic E-state index is 0.542. The van der Waals surface area contributed by atoms with Gasteiger partial charge < -0.3 is 15.4 Å². The Bertz CT molecular complexity index is 619. The van der Waals surface area contributed by atoms with Crippen molar-refractivity contribution in [2.45, 2.75) is 13.8 Å². The highest BCUT2D eigenvalue weighted by atomic mass is 35.5. The van der Waals surface area contributed by atoms with Crippen LogP contribution in [0.15, 0.2) is 24.3 Å². The van der Waals surface area contributed by atoms with Gasteiger partial charge in [-0.25, -0.2) is 4.98 Å². The van der Waals surface area contributed by atoms with E-state index in [0.29, 0.717) is 24.1 Å². The maximum absolute atomic E-state index is 6.12. The second kappa shape index (κ2) is 7.24. The third-order valence-corrected chi connectivity index (χ3v) is 3.39. The third kappa shape index (κ3) is 4.31. The quantitative estimate of drug-likeness (QED) is 0.799. The monoisotopic (exact) mass is 306 g/mol.